The first-order valence-electron chi connectivity index (χ1n) is 17.7. The van der Waals surface area contributed by atoms with Crippen LogP contribution in [0.4, 0.5) is 52.7 Å². The second-order valence-corrected chi connectivity index (χ2v) is 13.9. The van der Waals surface area contributed by atoms with Crippen molar-refractivity contribution in [1.29, 1.82) is 0 Å². The maximum atomic E-state index is 13.9. The first kappa shape index (κ1) is 40.2. The number of fused-ring (bicyclic) bond motifs is 2. The molecule has 0 radical (unpaired) electrons. The minimum Gasteiger partial charge on any atom is -0.616 e. The molecule has 0 unspecified atom stereocenters. The summed E-state index contributed by atoms with van der Waals surface area (Å²) in [6.45, 7) is -6.52. The van der Waals surface area contributed by atoms with Crippen LogP contribution >= 0.6 is 0 Å². The molecule has 4 aromatic carbocycles. The maximum Gasteiger partial charge on any atom is 0.684 e. The van der Waals surface area contributed by atoms with E-state index >= 15 is 0 Å². The van der Waals surface area contributed by atoms with Crippen LogP contribution in [0.25, 0.3) is 12.2 Å². The van der Waals surface area contributed by atoms with Crippen molar-refractivity contribution >= 4 is 36.5 Å². The Hall–Kier alpha value is -6.59. The molecule has 0 bridgehead atoms. The van der Waals surface area contributed by atoms with Crippen LogP contribution in [0.15, 0.2) is 134 Å². The van der Waals surface area contributed by atoms with Gasteiger partial charge in [0.1, 0.15) is 47.8 Å². The molecular formula is C40H24B2F12N2O4. The smallest absolute Gasteiger partial charge is 0.616 e. The zero-order chi connectivity index (χ0) is 42.9. The standard InChI is InChI=1S/C40H24B2F12N2O4/c43-37(44,45)27-19-28(38(46,47)48)22-31(21-27)41(57-33-5-1-2-6-34(33)58-41)55-15-11-25(12-16-55)9-10-26-13-17-56(18-14-26)42(59-35-7-3-4-8-36(35)60-42)32-23-29(39(49,50)51)20-30(24-32)40(52,53)54/h1-24H/b10-9+. The van der Waals surface area contributed by atoms with E-state index < -0.39 is 71.3 Å². The number of halogens is 12. The molecule has 0 N–H and O–H groups in total. The lowest BCUT2D eigenvalue weighted by atomic mass is 9.62. The number of benzene rings is 4. The molecule has 0 aliphatic carbocycles. The number of hydrogen-bond donors (Lipinski definition) is 0. The molecule has 0 fully saturated rings. The first-order valence-corrected chi connectivity index (χ1v) is 17.7. The van der Waals surface area contributed by atoms with Crippen molar-refractivity contribution in [2.75, 3.05) is 0 Å². The molecule has 20 heteroatoms. The highest BCUT2D eigenvalue weighted by Gasteiger charge is 2.55. The molecule has 308 valence electrons. The Kier molecular flexibility index (Phi) is 9.39. The summed E-state index contributed by atoms with van der Waals surface area (Å²) in [6.07, 6.45) is -12.0. The third kappa shape index (κ3) is 7.45. The van der Waals surface area contributed by atoms with E-state index in [4.69, 9.17) is 18.6 Å². The zero-order valence-corrected chi connectivity index (χ0v) is 30.1. The van der Waals surface area contributed by atoms with Crippen LogP contribution in [0.3, 0.4) is 0 Å². The second-order valence-electron chi connectivity index (χ2n) is 13.9. The summed E-state index contributed by atoms with van der Waals surface area (Å²) < 4.78 is 194. The molecule has 0 amide bonds. The summed E-state index contributed by atoms with van der Waals surface area (Å²) in [5, 5.41) is 0. The first-order chi connectivity index (χ1) is 28.1. The summed E-state index contributed by atoms with van der Waals surface area (Å²) in [7, 11) is 0. The van der Waals surface area contributed by atoms with Crippen molar-refractivity contribution in [1.82, 2.24) is 0 Å². The molecule has 0 atom stereocenters. The van der Waals surface area contributed by atoms with Gasteiger partial charge >= 0.3 is 38.1 Å². The Labute approximate surface area is 331 Å². The summed E-state index contributed by atoms with van der Waals surface area (Å²) in [5.74, 6) is 0.317. The second kappa shape index (κ2) is 14.0. The maximum absolute atomic E-state index is 13.9. The van der Waals surface area contributed by atoms with Crippen LogP contribution in [-0.4, -0.2) is 13.4 Å². The molecule has 2 aromatic heterocycles. The van der Waals surface area contributed by atoms with Crippen LogP contribution < -0.4 is 38.5 Å². The van der Waals surface area contributed by atoms with Gasteiger partial charge in [0, 0.05) is 24.3 Å². The zero-order valence-electron chi connectivity index (χ0n) is 30.1. The number of alkyl halides is 12. The molecule has 2 aliphatic rings. The van der Waals surface area contributed by atoms with Crippen molar-refractivity contribution in [3.05, 3.63) is 167 Å². The van der Waals surface area contributed by atoms with E-state index in [0.29, 0.717) is 35.4 Å². The van der Waals surface area contributed by atoms with Gasteiger partial charge in [-0.1, -0.05) is 60.7 Å². The Balaban J connectivity index is 1.13. The van der Waals surface area contributed by atoms with Gasteiger partial charge in [-0.25, -0.2) is 0 Å². The lowest BCUT2D eigenvalue weighted by molar-refractivity contribution is -0.566. The fourth-order valence-electron chi connectivity index (χ4n) is 7.03. The van der Waals surface area contributed by atoms with Crippen LogP contribution in [0.5, 0.6) is 23.0 Å². The molecule has 2 aliphatic heterocycles. The van der Waals surface area contributed by atoms with Crippen molar-refractivity contribution in [3.63, 3.8) is 0 Å². The van der Waals surface area contributed by atoms with Crippen molar-refractivity contribution in [2.45, 2.75) is 24.7 Å². The normalized spacial score (nSPS) is 15.7. The van der Waals surface area contributed by atoms with Crippen molar-refractivity contribution in [3.8, 4) is 23.0 Å². The van der Waals surface area contributed by atoms with Gasteiger partial charge in [-0.3, -0.25) is 0 Å². The molecule has 4 heterocycles. The number of pyridine rings is 2. The van der Waals surface area contributed by atoms with Crippen molar-refractivity contribution < 1.29 is 80.3 Å². The van der Waals surface area contributed by atoms with E-state index in [0.717, 1.165) is 0 Å². The van der Waals surface area contributed by atoms with Crippen LogP contribution in [0, 0.1) is 0 Å². The largest absolute Gasteiger partial charge is 0.684 e. The van der Waals surface area contributed by atoms with Crippen LogP contribution in [-0.2, 0) is 24.7 Å². The van der Waals surface area contributed by atoms with Gasteiger partial charge in [-0.15, -0.1) is 0 Å². The van der Waals surface area contributed by atoms with E-state index in [9.17, 15) is 52.7 Å². The third-order valence-corrected chi connectivity index (χ3v) is 9.92. The van der Waals surface area contributed by atoms with Gasteiger partial charge < -0.3 is 27.6 Å². The lowest BCUT2D eigenvalue weighted by Gasteiger charge is -2.30. The van der Waals surface area contributed by atoms with E-state index in [1.807, 2.05) is 0 Å². The van der Waals surface area contributed by atoms with Gasteiger partial charge in [0.15, 0.2) is 0 Å². The van der Waals surface area contributed by atoms with E-state index in [1.54, 1.807) is 36.4 Å². The summed E-state index contributed by atoms with van der Waals surface area (Å²) in [6, 6.07) is 20.1. The molecular weight excluding hydrogens is 822 g/mol. The van der Waals surface area contributed by atoms with Crippen LogP contribution in [0.2, 0.25) is 0 Å². The number of rotatable bonds is 6. The highest BCUT2D eigenvalue weighted by Crippen LogP contribution is 2.41. The average molecular weight is 846 g/mol. The molecule has 0 saturated carbocycles. The Morgan fingerprint density at radius 2 is 0.617 bits per heavy atom. The monoisotopic (exact) mass is 846 g/mol. The average Bonchev–Trinajstić information content (AvgIpc) is 3.80. The molecule has 6 aromatic rings. The SMILES string of the molecule is FC(F)(F)c1cc([B-]2([n+]3ccc(/C=C/c4cc[n+]([B-]5(c6cc(C(F)(F)F)cc(C(F)(F)F)c6)Oc6ccccc6O5)cc4)cc3)Oc3ccccc3O2)cc(C(F)(F)F)c1. The predicted molar refractivity (Wildman–Crippen MR) is 192 cm³/mol. The van der Waals surface area contributed by atoms with Gasteiger partial charge in [-0.2, -0.15) is 52.7 Å². The third-order valence-electron chi connectivity index (χ3n) is 9.92. The molecule has 6 nitrogen and oxygen atoms in total. The fraction of sp³-hybridized carbons (Fsp3) is 0.100. The highest BCUT2D eigenvalue weighted by atomic mass is 19.4. The number of nitrogens with zero attached hydrogens (tertiary/aromatic N) is 2. The van der Waals surface area contributed by atoms with Gasteiger partial charge in [0.05, 0.1) is 22.3 Å². The summed E-state index contributed by atoms with van der Waals surface area (Å²) in [5.41, 5.74) is -6.39. The van der Waals surface area contributed by atoms with E-state index in [1.165, 1.54) is 82.3 Å². The predicted octanol–water partition coefficient (Wildman–Crippen LogP) is 8.84. The Morgan fingerprint density at radius 3 is 0.850 bits per heavy atom. The highest BCUT2D eigenvalue weighted by molar-refractivity contribution is 6.76. The minimum absolute atomic E-state index is 0.00157. The Bertz CT molecular complexity index is 2330. The van der Waals surface area contributed by atoms with Gasteiger partial charge in [0.2, 0.25) is 0 Å². The summed E-state index contributed by atoms with van der Waals surface area (Å²) >= 11 is 0. The van der Waals surface area contributed by atoms with Crippen LogP contribution in [0.1, 0.15) is 33.4 Å². The summed E-state index contributed by atoms with van der Waals surface area (Å²) in [4.78, 5) is 0. The Morgan fingerprint density at radius 1 is 0.367 bits per heavy atom. The number of hydrogen-bond acceptors (Lipinski definition) is 4. The number of aromatic nitrogens is 2. The van der Waals surface area contributed by atoms with E-state index in [2.05, 4.69) is 0 Å². The van der Waals surface area contributed by atoms with E-state index in [-0.39, 0.29) is 35.1 Å². The van der Waals surface area contributed by atoms with Gasteiger partial charge in [-0.05, 0) is 58.5 Å². The van der Waals surface area contributed by atoms with Crippen molar-refractivity contribution in [2.24, 2.45) is 0 Å². The quantitative estimate of drug-likeness (QED) is 0.124. The number of para-hydroxylation sites is 4. The molecule has 60 heavy (non-hydrogen) atoms. The minimum atomic E-state index is -5.15. The van der Waals surface area contributed by atoms with Gasteiger partial charge in [0.25, 0.3) is 0 Å². The topological polar surface area (TPSA) is 44.7 Å². The fourth-order valence-corrected chi connectivity index (χ4v) is 7.03. The lowest BCUT2D eigenvalue weighted by Crippen LogP contribution is -2.78. The molecule has 0 spiro atoms. The molecule has 0 saturated heterocycles. The molecule has 8 rings (SSSR count).